The summed E-state index contributed by atoms with van der Waals surface area (Å²) in [5.74, 6) is 0.324. The van der Waals surface area contributed by atoms with Crippen LogP contribution in [0, 0.1) is 0 Å². The molecule has 0 spiro atoms. The number of aromatic amines is 1. The lowest BCUT2D eigenvalue weighted by Gasteiger charge is -2.10. The molecule has 6 heteroatoms. The number of nitrogens with one attached hydrogen (secondary N) is 2. The van der Waals surface area contributed by atoms with Crippen molar-refractivity contribution in [3.8, 4) is 5.75 Å². The summed E-state index contributed by atoms with van der Waals surface area (Å²) < 4.78 is 10.1. The van der Waals surface area contributed by atoms with Gasteiger partial charge in [-0.25, -0.2) is 4.79 Å². The van der Waals surface area contributed by atoms with E-state index in [0.717, 1.165) is 35.1 Å². The van der Waals surface area contributed by atoms with E-state index in [1.807, 2.05) is 12.1 Å². The summed E-state index contributed by atoms with van der Waals surface area (Å²) in [6, 6.07) is 5.52. The Morgan fingerprint density at radius 3 is 2.68 bits per heavy atom. The number of esters is 1. The quantitative estimate of drug-likeness (QED) is 0.632. The van der Waals surface area contributed by atoms with Gasteiger partial charge in [0.2, 0.25) is 5.91 Å². The number of carbonyl (C=O) groups is 2. The van der Waals surface area contributed by atoms with Gasteiger partial charge in [-0.1, -0.05) is 0 Å². The first-order valence-electron chi connectivity index (χ1n) is 7.08. The fourth-order valence-electron chi connectivity index (χ4n) is 2.44. The molecule has 118 valence electrons. The maximum atomic E-state index is 11.7. The zero-order valence-corrected chi connectivity index (χ0v) is 13.0. The van der Waals surface area contributed by atoms with Crippen LogP contribution >= 0.6 is 0 Å². The molecule has 0 bridgehead atoms. The van der Waals surface area contributed by atoms with Crippen LogP contribution in [0.3, 0.4) is 0 Å². The molecule has 0 aliphatic heterocycles. The largest absolute Gasteiger partial charge is 0.496 e. The lowest BCUT2D eigenvalue weighted by atomic mass is 10.0. The van der Waals surface area contributed by atoms with Crippen molar-refractivity contribution in [2.24, 2.45) is 0 Å². The maximum absolute atomic E-state index is 11.7. The van der Waals surface area contributed by atoms with E-state index >= 15 is 0 Å². The van der Waals surface area contributed by atoms with Crippen molar-refractivity contribution in [2.75, 3.05) is 20.8 Å². The summed E-state index contributed by atoms with van der Waals surface area (Å²) in [5.41, 5.74) is 2.28. The summed E-state index contributed by atoms with van der Waals surface area (Å²) >= 11 is 0. The van der Waals surface area contributed by atoms with E-state index in [-0.39, 0.29) is 5.91 Å². The maximum Gasteiger partial charge on any atom is 0.354 e. The van der Waals surface area contributed by atoms with Crippen LogP contribution in [0.25, 0.3) is 10.9 Å². The number of H-pyrrole nitrogens is 1. The standard InChI is InChI=1S/C16H20N2O4/c1-10(19)17-8-4-5-11-12-9-14(16(20)22-3)18-13(12)6-7-15(11)21-2/h6-7,9,18H,4-5,8H2,1-3H3,(H,17,19). The van der Waals surface area contributed by atoms with E-state index in [4.69, 9.17) is 9.47 Å². The first kappa shape index (κ1) is 15.9. The third kappa shape index (κ3) is 3.39. The second kappa shape index (κ2) is 6.98. The zero-order valence-electron chi connectivity index (χ0n) is 13.0. The van der Waals surface area contributed by atoms with Crippen molar-refractivity contribution in [1.82, 2.24) is 10.3 Å². The highest BCUT2D eigenvalue weighted by Gasteiger charge is 2.14. The lowest BCUT2D eigenvalue weighted by Crippen LogP contribution is -2.21. The average molecular weight is 304 g/mol. The van der Waals surface area contributed by atoms with Crippen LogP contribution in [-0.4, -0.2) is 37.6 Å². The Morgan fingerprint density at radius 2 is 2.05 bits per heavy atom. The molecule has 1 heterocycles. The van der Waals surface area contributed by atoms with Crippen LogP contribution in [0.2, 0.25) is 0 Å². The number of aryl methyl sites for hydroxylation is 1. The number of aromatic nitrogens is 1. The van der Waals surface area contributed by atoms with Gasteiger partial charge in [-0.2, -0.15) is 0 Å². The molecule has 0 unspecified atom stereocenters. The van der Waals surface area contributed by atoms with E-state index in [2.05, 4.69) is 10.3 Å². The van der Waals surface area contributed by atoms with Crippen LogP contribution in [0.1, 0.15) is 29.4 Å². The molecule has 0 atom stereocenters. The Balaban J connectivity index is 2.29. The number of amides is 1. The molecule has 2 aromatic rings. The van der Waals surface area contributed by atoms with Gasteiger partial charge in [0.05, 0.1) is 14.2 Å². The first-order valence-corrected chi connectivity index (χ1v) is 7.08. The molecule has 0 aliphatic rings. The van der Waals surface area contributed by atoms with Gasteiger partial charge >= 0.3 is 5.97 Å². The summed E-state index contributed by atoms with van der Waals surface area (Å²) in [5, 5.41) is 3.71. The molecule has 0 saturated heterocycles. The van der Waals surface area contributed by atoms with Crippen LogP contribution in [0.4, 0.5) is 0 Å². The normalized spacial score (nSPS) is 10.5. The lowest BCUT2D eigenvalue weighted by molar-refractivity contribution is -0.118. The van der Waals surface area contributed by atoms with Gasteiger partial charge in [0.1, 0.15) is 11.4 Å². The van der Waals surface area contributed by atoms with Crippen molar-refractivity contribution >= 4 is 22.8 Å². The molecular weight excluding hydrogens is 284 g/mol. The summed E-state index contributed by atoms with van der Waals surface area (Å²) in [6.45, 7) is 2.10. The van der Waals surface area contributed by atoms with E-state index in [9.17, 15) is 9.59 Å². The minimum Gasteiger partial charge on any atom is -0.496 e. The summed E-state index contributed by atoms with van der Waals surface area (Å²) in [4.78, 5) is 25.6. The van der Waals surface area contributed by atoms with Gasteiger partial charge in [0.25, 0.3) is 0 Å². The van der Waals surface area contributed by atoms with E-state index in [1.165, 1.54) is 14.0 Å². The summed E-state index contributed by atoms with van der Waals surface area (Å²) in [6.07, 6.45) is 1.52. The topological polar surface area (TPSA) is 80.4 Å². The van der Waals surface area contributed by atoms with E-state index in [0.29, 0.717) is 12.2 Å². The number of hydrogen-bond acceptors (Lipinski definition) is 4. The van der Waals surface area contributed by atoms with Gasteiger partial charge in [0.15, 0.2) is 0 Å². The van der Waals surface area contributed by atoms with E-state index in [1.54, 1.807) is 13.2 Å². The zero-order chi connectivity index (χ0) is 16.1. The number of methoxy groups -OCH3 is 2. The van der Waals surface area contributed by atoms with Gasteiger partial charge in [-0.3, -0.25) is 4.79 Å². The number of rotatable bonds is 6. The minimum atomic E-state index is -0.403. The van der Waals surface area contributed by atoms with Gasteiger partial charge in [-0.15, -0.1) is 0 Å². The molecule has 0 aliphatic carbocycles. The molecule has 0 fully saturated rings. The molecule has 1 amide bonds. The number of fused-ring (bicyclic) bond motifs is 1. The Kier molecular flexibility index (Phi) is 5.04. The Hall–Kier alpha value is -2.50. The third-order valence-corrected chi connectivity index (χ3v) is 3.47. The molecule has 6 nitrogen and oxygen atoms in total. The fraction of sp³-hybridized carbons (Fsp3) is 0.375. The third-order valence-electron chi connectivity index (χ3n) is 3.47. The molecule has 1 aromatic carbocycles. The predicted octanol–water partition coefficient (Wildman–Crippen LogP) is 2.03. The molecule has 0 saturated carbocycles. The second-order valence-electron chi connectivity index (χ2n) is 4.97. The first-order chi connectivity index (χ1) is 10.6. The predicted molar refractivity (Wildman–Crippen MR) is 83.2 cm³/mol. The number of ether oxygens (including phenoxy) is 2. The van der Waals surface area contributed by atoms with Crippen molar-refractivity contribution in [3.63, 3.8) is 0 Å². The smallest absolute Gasteiger partial charge is 0.354 e. The van der Waals surface area contributed by atoms with Crippen molar-refractivity contribution in [1.29, 1.82) is 0 Å². The number of carbonyl (C=O) groups excluding carboxylic acids is 2. The highest BCUT2D eigenvalue weighted by molar-refractivity contribution is 5.96. The minimum absolute atomic E-state index is 0.0419. The average Bonchev–Trinajstić information content (AvgIpc) is 2.94. The molecular formula is C16H20N2O4. The Bertz CT molecular complexity index is 691. The molecule has 0 radical (unpaired) electrons. The van der Waals surface area contributed by atoms with Gasteiger partial charge < -0.3 is 19.8 Å². The van der Waals surface area contributed by atoms with Gasteiger partial charge in [-0.05, 0) is 31.0 Å². The van der Waals surface area contributed by atoms with Crippen molar-refractivity contribution in [2.45, 2.75) is 19.8 Å². The van der Waals surface area contributed by atoms with Crippen LogP contribution in [0.15, 0.2) is 18.2 Å². The van der Waals surface area contributed by atoms with Crippen molar-refractivity contribution in [3.05, 3.63) is 29.5 Å². The SMILES string of the molecule is COC(=O)c1cc2c(CCCNC(C)=O)c(OC)ccc2[nH]1. The summed E-state index contributed by atoms with van der Waals surface area (Å²) in [7, 11) is 2.97. The fourth-order valence-corrected chi connectivity index (χ4v) is 2.44. The number of benzene rings is 1. The van der Waals surface area contributed by atoms with Crippen LogP contribution in [0.5, 0.6) is 5.75 Å². The molecule has 2 rings (SSSR count). The van der Waals surface area contributed by atoms with Crippen molar-refractivity contribution < 1.29 is 19.1 Å². The monoisotopic (exact) mass is 304 g/mol. The van der Waals surface area contributed by atoms with E-state index < -0.39 is 5.97 Å². The highest BCUT2D eigenvalue weighted by Crippen LogP contribution is 2.29. The number of hydrogen-bond donors (Lipinski definition) is 2. The molecule has 2 N–H and O–H groups in total. The van der Waals surface area contributed by atoms with Gasteiger partial charge in [0, 0.05) is 29.9 Å². The van der Waals surface area contributed by atoms with Crippen LogP contribution < -0.4 is 10.1 Å². The van der Waals surface area contributed by atoms with Crippen LogP contribution in [-0.2, 0) is 16.0 Å². The second-order valence-corrected chi connectivity index (χ2v) is 4.97. The molecule has 22 heavy (non-hydrogen) atoms. The Morgan fingerprint density at radius 1 is 1.27 bits per heavy atom. The highest BCUT2D eigenvalue weighted by atomic mass is 16.5. The Labute approximate surface area is 128 Å². The molecule has 1 aromatic heterocycles.